The topological polar surface area (TPSA) is 60.9 Å². The molecule has 0 aliphatic carbocycles. The summed E-state index contributed by atoms with van der Waals surface area (Å²) >= 11 is 0. The number of carboxylic acids is 1. The number of rotatable bonds is 6. The standard InChI is InChI=1S/C14H26N2O3/c1-4-6-12-7-8-15(10-12)14(19)16(5-2)11(3)9-13(17)18/h11-12H,4-10H2,1-3H3,(H,17,18). The Morgan fingerprint density at radius 3 is 2.63 bits per heavy atom. The predicted molar refractivity (Wildman–Crippen MR) is 74.1 cm³/mol. The third-order valence-corrected chi connectivity index (χ3v) is 3.84. The predicted octanol–water partition coefficient (Wildman–Crippen LogP) is 2.41. The van der Waals surface area contributed by atoms with E-state index in [1.54, 1.807) is 11.8 Å². The zero-order valence-electron chi connectivity index (χ0n) is 12.3. The van der Waals surface area contributed by atoms with Gasteiger partial charge < -0.3 is 14.9 Å². The van der Waals surface area contributed by atoms with Gasteiger partial charge in [0.2, 0.25) is 0 Å². The van der Waals surface area contributed by atoms with Crippen LogP contribution in [0.25, 0.3) is 0 Å². The van der Waals surface area contributed by atoms with Crippen LogP contribution in [-0.4, -0.2) is 52.6 Å². The van der Waals surface area contributed by atoms with Crippen molar-refractivity contribution in [1.82, 2.24) is 9.80 Å². The highest BCUT2D eigenvalue weighted by Gasteiger charge is 2.30. The van der Waals surface area contributed by atoms with Crippen LogP contribution in [0.15, 0.2) is 0 Å². The van der Waals surface area contributed by atoms with E-state index in [-0.39, 0.29) is 18.5 Å². The lowest BCUT2D eigenvalue weighted by Crippen LogP contribution is -2.47. The number of urea groups is 1. The van der Waals surface area contributed by atoms with Gasteiger partial charge in [-0.2, -0.15) is 0 Å². The second-order valence-electron chi connectivity index (χ2n) is 5.40. The summed E-state index contributed by atoms with van der Waals surface area (Å²) in [7, 11) is 0. The fraction of sp³-hybridized carbons (Fsp3) is 0.857. The molecule has 0 radical (unpaired) electrons. The number of carbonyl (C=O) groups is 2. The molecule has 1 N–H and O–H groups in total. The molecule has 1 fully saturated rings. The Bertz CT molecular complexity index is 320. The molecule has 0 saturated carbocycles. The van der Waals surface area contributed by atoms with Gasteiger partial charge in [0.05, 0.1) is 6.42 Å². The van der Waals surface area contributed by atoms with Crippen LogP contribution in [0.2, 0.25) is 0 Å². The lowest BCUT2D eigenvalue weighted by Gasteiger charge is -2.31. The normalized spacial score (nSPS) is 20.4. The van der Waals surface area contributed by atoms with Crippen molar-refractivity contribution in [2.75, 3.05) is 19.6 Å². The van der Waals surface area contributed by atoms with Crippen molar-refractivity contribution in [3.05, 3.63) is 0 Å². The van der Waals surface area contributed by atoms with Crippen LogP contribution in [0, 0.1) is 5.92 Å². The number of hydrogen-bond donors (Lipinski definition) is 1. The Labute approximate surface area is 115 Å². The first-order valence-electron chi connectivity index (χ1n) is 7.26. The maximum Gasteiger partial charge on any atom is 0.320 e. The summed E-state index contributed by atoms with van der Waals surface area (Å²) in [4.78, 5) is 26.7. The molecule has 1 aliphatic heterocycles. The summed E-state index contributed by atoms with van der Waals surface area (Å²) in [6, 6.07) is -0.255. The van der Waals surface area contributed by atoms with Crippen LogP contribution in [0.3, 0.4) is 0 Å². The third-order valence-electron chi connectivity index (χ3n) is 3.84. The summed E-state index contributed by atoms with van der Waals surface area (Å²) < 4.78 is 0. The number of carboxylic acid groups (broad SMARTS) is 1. The smallest absolute Gasteiger partial charge is 0.320 e. The van der Waals surface area contributed by atoms with E-state index in [0.717, 1.165) is 25.9 Å². The molecule has 1 rings (SSSR count). The first-order valence-corrected chi connectivity index (χ1v) is 7.26. The Morgan fingerprint density at radius 2 is 2.11 bits per heavy atom. The van der Waals surface area contributed by atoms with Gasteiger partial charge in [0, 0.05) is 25.7 Å². The minimum Gasteiger partial charge on any atom is -0.481 e. The van der Waals surface area contributed by atoms with E-state index < -0.39 is 5.97 Å². The van der Waals surface area contributed by atoms with Crippen LogP contribution >= 0.6 is 0 Å². The van der Waals surface area contributed by atoms with Crippen molar-refractivity contribution >= 4 is 12.0 Å². The molecule has 0 aromatic rings. The molecule has 0 aromatic heterocycles. The van der Waals surface area contributed by atoms with Crippen molar-refractivity contribution < 1.29 is 14.7 Å². The summed E-state index contributed by atoms with van der Waals surface area (Å²) in [5.74, 6) is -0.244. The molecular weight excluding hydrogens is 244 g/mol. The van der Waals surface area contributed by atoms with E-state index in [1.165, 1.54) is 6.42 Å². The van der Waals surface area contributed by atoms with E-state index in [9.17, 15) is 9.59 Å². The monoisotopic (exact) mass is 270 g/mol. The van der Waals surface area contributed by atoms with Crippen molar-refractivity contribution in [3.8, 4) is 0 Å². The highest BCUT2D eigenvalue weighted by Crippen LogP contribution is 2.22. The lowest BCUT2D eigenvalue weighted by atomic mass is 10.0. The number of likely N-dealkylation sites (tertiary alicyclic amines) is 1. The van der Waals surface area contributed by atoms with Gasteiger partial charge in [-0.05, 0) is 32.6 Å². The molecule has 1 aliphatic rings. The van der Waals surface area contributed by atoms with E-state index in [1.807, 2.05) is 11.8 Å². The Morgan fingerprint density at radius 1 is 1.42 bits per heavy atom. The summed E-state index contributed by atoms with van der Waals surface area (Å²) in [5, 5.41) is 8.84. The maximum atomic E-state index is 12.4. The highest BCUT2D eigenvalue weighted by molar-refractivity contribution is 5.76. The van der Waals surface area contributed by atoms with Crippen molar-refractivity contribution in [2.24, 2.45) is 5.92 Å². The number of hydrogen-bond acceptors (Lipinski definition) is 2. The van der Waals surface area contributed by atoms with Crippen LogP contribution in [0.1, 0.15) is 46.5 Å². The second-order valence-corrected chi connectivity index (χ2v) is 5.40. The van der Waals surface area contributed by atoms with Crippen molar-refractivity contribution in [1.29, 1.82) is 0 Å². The molecule has 19 heavy (non-hydrogen) atoms. The second kappa shape index (κ2) is 7.36. The molecule has 2 atom stereocenters. The van der Waals surface area contributed by atoms with E-state index in [2.05, 4.69) is 6.92 Å². The largest absolute Gasteiger partial charge is 0.481 e. The van der Waals surface area contributed by atoms with Gasteiger partial charge in [-0.1, -0.05) is 13.3 Å². The van der Waals surface area contributed by atoms with Crippen LogP contribution in [0.5, 0.6) is 0 Å². The zero-order chi connectivity index (χ0) is 14.4. The van der Waals surface area contributed by atoms with Gasteiger partial charge in [-0.15, -0.1) is 0 Å². The maximum absolute atomic E-state index is 12.4. The van der Waals surface area contributed by atoms with E-state index in [0.29, 0.717) is 12.5 Å². The molecule has 1 heterocycles. The summed E-state index contributed by atoms with van der Waals surface area (Å²) in [6.07, 6.45) is 3.40. The zero-order valence-corrected chi connectivity index (χ0v) is 12.3. The van der Waals surface area contributed by atoms with Gasteiger partial charge in [-0.3, -0.25) is 4.79 Å². The number of amides is 2. The molecule has 5 heteroatoms. The van der Waals surface area contributed by atoms with Crippen LogP contribution < -0.4 is 0 Å². The van der Waals surface area contributed by atoms with Crippen molar-refractivity contribution in [2.45, 2.75) is 52.5 Å². The Balaban J connectivity index is 2.56. The summed E-state index contributed by atoms with van der Waals surface area (Å²) in [5.41, 5.74) is 0. The average Bonchev–Trinajstić information content (AvgIpc) is 2.78. The quantitative estimate of drug-likeness (QED) is 0.806. The van der Waals surface area contributed by atoms with Gasteiger partial charge in [0.25, 0.3) is 0 Å². The molecule has 2 unspecified atom stereocenters. The Kier molecular flexibility index (Phi) is 6.12. The first kappa shape index (κ1) is 15.8. The van der Waals surface area contributed by atoms with Gasteiger partial charge in [-0.25, -0.2) is 4.79 Å². The fourth-order valence-electron chi connectivity index (χ4n) is 2.83. The molecule has 5 nitrogen and oxygen atoms in total. The lowest BCUT2D eigenvalue weighted by molar-refractivity contribution is -0.138. The minimum absolute atomic E-state index is 0.00477. The van der Waals surface area contributed by atoms with Gasteiger partial charge in [0.1, 0.15) is 0 Å². The molecule has 0 bridgehead atoms. The third kappa shape index (κ3) is 4.40. The minimum atomic E-state index is -0.857. The molecule has 0 aromatic carbocycles. The Hall–Kier alpha value is -1.26. The van der Waals surface area contributed by atoms with E-state index >= 15 is 0 Å². The van der Waals surface area contributed by atoms with Gasteiger partial charge in [0.15, 0.2) is 0 Å². The van der Waals surface area contributed by atoms with Crippen molar-refractivity contribution in [3.63, 3.8) is 0 Å². The molecule has 1 saturated heterocycles. The first-order chi connectivity index (χ1) is 8.99. The fourth-order valence-corrected chi connectivity index (χ4v) is 2.83. The number of aliphatic carboxylic acids is 1. The highest BCUT2D eigenvalue weighted by atomic mass is 16.4. The van der Waals surface area contributed by atoms with Crippen LogP contribution in [0.4, 0.5) is 4.79 Å². The summed E-state index contributed by atoms with van der Waals surface area (Å²) in [6.45, 7) is 8.05. The number of carbonyl (C=O) groups excluding carboxylic acids is 1. The molecule has 110 valence electrons. The molecule has 2 amide bonds. The molecule has 0 spiro atoms. The average molecular weight is 270 g/mol. The number of nitrogens with zero attached hydrogens (tertiary/aromatic N) is 2. The van der Waals surface area contributed by atoms with Crippen LogP contribution in [-0.2, 0) is 4.79 Å². The van der Waals surface area contributed by atoms with Gasteiger partial charge >= 0.3 is 12.0 Å². The van der Waals surface area contributed by atoms with E-state index in [4.69, 9.17) is 5.11 Å². The SMILES string of the molecule is CCCC1CCN(C(=O)N(CC)C(C)CC(=O)O)C1. The molecular formula is C14H26N2O3.